The molecule has 0 heterocycles. The third-order valence-electron chi connectivity index (χ3n) is 3.85. The second-order valence-corrected chi connectivity index (χ2v) is 7.86. The summed E-state index contributed by atoms with van der Waals surface area (Å²) in [6.45, 7) is 2.18. The van der Waals surface area contributed by atoms with Crippen molar-refractivity contribution in [1.82, 2.24) is 4.72 Å². The lowest BCUT2D eigenvalue weighted by Crippen LogP contribution is -2.24. The van der Waals surface area contributed by atoms with Gasteiger partial charge >= 0.3 is 0 Å². The number of carbonyl (C=O) groups excluding carboxylic acids is 1. The molecule has 148 valence electrons. The van der Waals surface area contributed by atoms with Crippen molar-refractivity contribution in [1.29, 1.82) is 5.26 Å². The number of unbranched alkanes of at least 4 members (excludes halogenated alkanes) is 1. The molecule has 0 radical (unpaired) electrons. The van der Waals surface area contributed by atoms with E-state index in [0.29, 0.717) is 24.4 Å². The van der Waals surface area contributed by atoms with Gasteiger partial charge in [0.25, 0.3) is 5.91 Å². The lowest BCUT2D eigenvalue weighted by atomic mass is 10.1. The fraction of sp³-hybridized carbons (Fsp3) is 0.300. The first-order valence-electron chi connectivity index (χ1n) is 8.93. The molecule has 2 N–H and O–H groups in total. The Balaban J connectivity index is 1.85. The lowest BCUT2D eigenvalue weighted by molar-refractivity contribution is -0.118. The summed E-state index contributed by atoms with van der Waals surface area (Å²) in [5.41, 5.74) is 1.48. The van der Waals surface area contributed by atoms with Gasteiger partial charge in [0.2, 0.25) is 10.0 Å². The van der Waals surface area contributed by atoms with E-state index in [0.717, 1.165) is 18.4 Å². The number of benzene rings is 2. The predicted octanol–water partition coefficient (Wildman–Crippen LogP) is 2.85. The van der Waals surface area contributed by atoms with Crippen LogP contribution in [-0.4, -0.2) is 27.5 Å². The highest BCUT2D eigenvalue weighted by Crippen LogP contribution is 2.16. The van der Waals surface area contributed by atoms with Gasteiger partial charge in [-0.2, -0.15) is 5.26 Å². The fourth-order valence-corrected chi connectivity index (χ4v) is 3.40. The van der Waals surface area contributed by atoms with Crippen LogP contribution in [0.2, 0.25) is 0 Å². The van der Waals surface area contributed by atoms with Crippen molar-refractivity contribution in [3.63, 3.8) is 0 Å². The summed E-state index contributed by atoms with van der Waals surface area (Å²) in [6, 6.07) is 14.9. The van der Waals surface area contributed by atoms with Crippen LogP contribution in [0.15, 0.2) is 53.4 Å². The predicted molar refractivity (Wildman–Crippen MR) is 106 cm³/mol. The van der Waals surface area contributed by atoms with E-state index in [9.17, 15) is 13.2 Å². The van der Waals surface area contributed by atoms with E-state index in [1.807, 2.05) is 6.92 Å². The molecule has 28 heavy (non-hydrogen) atoms. The number of carbonyl (C=O) groups is 1. The zero-order valence-corrected chi connectivity index (χ0v) is 16.5. The monoisotopic (exact) mass is 401 g/mol. The minimum atomic E-state index is -3.53. The van der Waals surface area contributed by atoms with Gasteiger partial charge in [0.05, 0.1) is 17.4 Å². The maximum absolute atomic E-state index is 12.1. The number of sulfonamides is 1. The Bertz CT molecular complexity index is 917. The molecule has 2 aromatic rings. The molecule has 0 saturated carbocycles. The summed E-state index contributed by atoms with van der Waals surface area (Å²) in [7, 11) is -3.53. The van der Waals surface area contributed by atoms with Gasteiger partial charge in [0.1, 0.15) is 5.75 Å². The molecule has 2 rings (SSSR count). The zero-order chi connectivity index (χ0) is 20.4. The Morgan fingerprint density at radius 3 is 2.39 bits per heavy atom. The Hall–Kier alpha value is -2.89. The van der Waals surface area contributed by atoms with Crippen LogP contribution >= 0.6 is 0 Å². The first-order valence-corrected chi connectivity index (χ1v) is 10.4. The van der Waals surface area contributed by atoms with Crippen LogP contribution in [0.5, 0.6) is 5.75 Å². The molecule has 0 aliphatic rings. The van der Waals surface area contributed by atoms with E-state index < -0.39 is 10.0 Å². The molecule has 0 fully saturated rings. The molecule has 0 aromatic heterocycles. The van der Waals surface area contributed by atoms with Crippen LogP contribution in [0.25, 0.3) is 0 Å². The highest BCUT2D eigenvalue weighted by molar-refractivity contribution is 7.89. The second-order valence-electron chi connectivity index (χ2n) is 6.09. The number of amides is 1. The maximum Gasteiger partial charge on any atom is 0.262 e. The molecule has 0 saturated heterocycles. The van der Waals surface area contributed by atoms with Crippen molar-refractivity contribution in [3.05, 3.63) is 54.1 Å². The molecule has 0 spiro atoms. The zero-order valence-electron chi connectivity index (χ0n) is 15.6. The van der Waals surface area contributed by atoms with Crippen molar-refractivity contribution in [3.8, 4) is 11.8 Å². The standard InChI is InChI=1S/C20H23N3O4S/c1-2-3-14-22-28(25,26)19-10-8-18(9-11-19)27-15-20(24)23-17-6-4-16(5-7-17)12-13-21/h4-11,22H,2-3,12,14-15H2,1H3,(H,23,24). The van der Waals surface area contributed by atoms with E-state index in [4.69, 9.17) is 10.00 Å². The average Bonchev–Trinajstić information content (AvgIpc) is 2.68. The van der Waals surface area contributed by atoms with Crippen molar-refractivity contribution < 1.29 is 17.9 Å². The normalized spacial score (nSPS) is 10.9. The average molecular weight is 401 g/mol. The molecule has 2 aromatic carbocycles. The Labute approximate surface area is 165 Å². The molecular weight excluding hydrogens is 378 g/mol. The summed E-state index contributed by atoms with van der Waals surface area (Å²) >= 11 is 0. The molecule has 1 amide bonds. The molecule has 0 unspecified atom stereocenters. The SMILES string of the molecule is CCCCNS(=O)(=O)c1ccc(OCC(=O)Nc2ccc(CC#N)cc2)cc1. The fourth-order valence-electron chi connectivity index (χ4n) is 2.32. The number of ether oxygens (including phenoxy) is 1. The number of nitrogens with zero attached hydrogens (tertiary/aromatic N) is 1. The van der Waals surface area contributed by atoms with Crippen LogP contribution in [0.4, 0.5) is 5.69 Å². The number of anilines is 1. The molecule has 8 heteroatoms. The summed E-state index contributed by atoms with van der Waals surface area (Å²) in [6.07, 6.45) is 2.00. The highest BCUT2D eigenvalue weighted by Gasteiger charge is 2.13. The third kappa shape index (κ3) is 6.68. The van der Waals surface area contributed by atoms with Gasteiger partial charge < -0.3 is 10.1 Å². The van der Waals surface area contributed by atoms with Crippen LogP contribution in [0, 0.1) is 11.3 Å². The van der Waals surface area contributed by atoms with E-state index in [-0.39, 0.29) is 17.4 Å². The smallest absolute Gasteiger partial charge is 0.262 e. The second kappa shape index (κ2) is 10.4. The van der Waals surface area contributed by atoms with Crippen LogP contribution in [0.1, 0.15) is 25.3 Å². The Morgan fingerprint density at radius 1 is 1.11 bits per heavy atom. The highest BCUT2D eigenvalue weighted by atomic mass is 32.2. The molecule has 7 nitrogen and oxygen atoms in total. The van der Waals surface area contributed by atoms with Crippen molar-refractivity contribution >= 4 is 21.6 Å². The number of nitriles is 1. The van der Waals surface area contributed by atoms with Gasteiger partial charge in [-0.1, -0.05) is 25.5 Å². The number of nitrogens with one attached hydrogen (secondary N) is 2. The molecule has 0 aliphatic carbocycles. The van der Waals surface area contributed by atoms with Crippen LogP contribution in [-0.2, 0) is 21.2 Å². The maximum atomic E-state index is 12.1. The van der Waals surface area contributed by atoms with E-state index in [2.05, 4.69) is 16.1 Å². The van der Waals surface area contributed by atoms with Gasteiger partial charge in [-0.05, 0) is 48.4 Å². The Morgan fingerprint density at radius 2 is 1.79 bits per heavy atom. The topological polar surface area (TPSA) is 108 Å². The number of hydrogen-bond acceptors (Lipinski definition) is 5. The third-order valence-corrected chi connectivity index (χ3v) is 5.32. The van der Waals surface area contributed by atoms with Crippen molar-refractivity contribution in [2.24, 2.45) is 0 Å². The largest absolute Gasteiger partial charge is 0.484 e. The van der Waals surface area contributed by atoms with Crippen LogP contribution in [0.3, 0.4) is 0 Å². The number of rotatable bonds is 10. The molecule has 0 aliphatic heterocycles. The molecular formula is C20H23N3O4S. The van der Waals surface area contributed by atoms with Gasteiger partial charge in [0.15, 0.2) is 6.61 Å². The van der Waals surface area contributed by atoms with Crippen LogP contribution < -0.4 is 14.8 Å². The first kappa shape index (κ1) is 21.4. The first-order chi connectivity index (χ1) is 13.4. The minimum absolute atomic E-state index is 0.151. The molecule has 0 bridgehead atoms. The van der Waals surface area contributed by atoms with Crippen molar-refractivity contribution in [2.75, 3.05) is 18.5 Å². The van der Waals surface area contributed by atoms with E-state index in [1.165, 1.54) is 24.3 Å². The summed E-state index contributed by atoms with van der Waals surface area (Å²) in [4.78, 5) is 12.1. The summed E-state index contributed by atoms with van der Waals surface area (Å²) < 4.78 is 32.2. The minimum Gasteiger partial charge on any atom is -0.484 e. The van der Waals surface area contributed by atoms with E-state index in [1.54, 1.807) is 24.3 Å². The summed E-state index contributed by atoms with van der Waals surface area (Å²) in [5, 5.41) is 11.3. The summed E-state index contributed by atoms with van der Waals surface area (Å²) in [5.74, 6) is 0.0537. The van der Waals surface area contributed by atoms with Gasteiger partial charge in [-0.15, -0.1) is 0 Å². The molecule has 0 atom stereocenters. The van der Waals surface area contributed by atoms with Crippen molar-refractivity contribution in [2.45, 2.75) is 31.1 Å². The lowest BCUT2D eigenvalue weighted by Gasteiger charge is -2.09. The Kier molecular flexibility index (Phi) is 7.99. The quantitative estimate of drug-likeness (QED) is 0.595. The number of hydrogen-bond donors (Lipinski definition) is 2. The van der Waals surface area contributed by atoms with Gasteiger partial charge in [-0.25, -0.2) is 13.1 Å². The van der Waals surface area contributed by atoms with Gasteiger partial charge in [-0.3, -0.25) is 4.79 Å². The van der Waals surface area contributed by atoms with Gasteiger partial charge in [0, 0.05) is 12.2 Å². The van der Waals surface area contributed by atoms with E-state index >= 15 is 0 Å².